The SMILES string of the molecule is CN(C[C@@H]1Cc2ccccc2O1)C(=O)CC[C@]1(Cc2cccs2)CCC(=O)N1. The van der Waals surface area contributed by atoms with E-state index in [2.05, 4.69) is 22.8 Å². The van der Waals surface area contributed by atoms with Crippen LogP contribution >= 0.6 is 11.3 Å². The van der Waals surface area contributed by atoms with E-state index in [0.29, 0.717) is 25.8 Å². The van der Waals surface area contributed by atoms with Crippen LogP contribution < -0.4 is 10.1 Å². The number of hydrogen-bond acceptors (Lipinski definition) is 4. The van der Waals surface area contributed by atoms with Crippen LogP contribution in [-0.2, 0) is 22.4 Å². The van der Waals surface area contributed by atoms with Gasteiger partial charge in [0.15, 0.2) is 0 Å². The molecule has 1 N–H and O–H groups in total. The van der Waals surface area contributed by atoms with Crippen molar-refractivity contribution in [3.05, 3.63) is 52.2 Å². The van der Waals surface area contributed by atoms with E-state index in [1.54, 1.807) is 16.2 Å². The first kappa shape index (κ1) is 19.0. The highest BCUT2D eigenvalue weighted by Gasteiger charge is 2.38. The number of carbonyl (C=O) groups excluding carboxylic acids is 2. The van der Waals surface area contributed by atoms with Crippen LogP contribution in [0.2, 0.25) is 0 Å². The van der Waals surface area contributed by atoms with Crippen LogP contribution in [0, 0.1) is 0 Å². The molecule has 1 aromatic heterocycles. The molecule has 1 fully saturated rings. The molecule has 5 nitrogen and oxygen atoms in total. The van der Waals surface area contributed by atoms with Crippen LogP contribution in [-0.4, -0.2) is 41.9 Å². The highest BCUT2D eigenvalue weighted by Crippen LogP contribution is 2.32. The van der Waals surface area contributed by atoms with E-state index >= 15 is 0 Å². The third kappa shape index (κ3) is 4.22. The van der Waals surface area contributed by atoms with Gasteiger partial charge in [-0.05, 0) is 35.9 Å². The average molecular weight is 399 g/mol. The summed E-state index contributed by atoms with van der Waals surface area (Å²) >= 11 is 1.70. The molecule has 0 bridgehead atoms. The number of nitrogens with one attached hydrogen (secondary N) is 1. The highest BCUT2D eigenvalue weighted by molar-refractivity contribution is 7.09. The van der Waals surface area contributed by atoms with Gasteiger partial charge < -0.3 is 15.0 Å². The van der Waals surface area contributed by atoms with Crippen LogP contribution in [0.5, 0.6) is 5.75 Å². The van der Waals surface area contributed by atoms with Crippen molar-refractivity contribution in [2.75, 3.05) is 13.6 Å². The van der Waals surface area contributed by atoms with Gasteiger partial charge in [-0.15, -0.1) is 11.3 Å². The molecular formula is C22H26N2O3S. The van der Waals surface area contributed by atoms with Crippen molar-refractivity contribution in [3.63, 3.8) is 0 Å². The van der Waals surface area contributed by atoms with E-state index < -0.39 is 0 Å². The zero-order chi connectivity index (χ0) is 19.6. The second-order valence-electron chi connectivity index (χ2n) is 7.91. The number of likely N-dealkylation sites (N-methyl/N-ethyl adjacent to an activating group) is 1. The topological polar surface area (TPSA) is 58.6 Å². The average Bonchev–Trinajstić information content (AvgIpc) is 3.40. The molecule has 28 heavy (non-hydrogen) atoms. The molecule has 148 valence electrons. The molecule has 6 heteroatoms. The fraction of sp³-hybridized carbons (Fsp3) is 0.455. The van der Waals surface area contributed by atoms with E-state index in [1.807, 2.05) is 31.3 Å². The molecule has 0 spiro atoms. The predicted octanol–water partition coefficient (Wildman–Crippen LogP) is 3.18. The molecular weight excluding hydrogens is 372 g/mol. The van der Waals surface area contributed by atoms with E-state index in [0.717, 1.165) is 25.0 Å². The number of nitrogens with zero attached hydrogens (tertiary/aromatic N) is 1. The Kier molecular flexibility index (Phi) is 5.40. The highest BCUT2D eigenvalue weighted by atomic mass is 32.1. The van der Waals surface area contributed by atoms with Gasteiger partial charge in [0.2, 0.25) is 11.8 Å². The molecule has 3 heterocycles. The summed E-state index contributed by atoms with van der Waals surface area (Å²) in [4.78, 5) is 27.7. The Hall–Kier alpha value is -2.34. The minimum absolute atomic E-state index is 0.0117. The lowest BCUT2D eigenvalue weighted by Crippen LogP contribution is -2.45. The second-order valence-corrected chi connectivity index (χ2v) is 8.94. The molecule has 0 unspecified atom stereocenters. The molecule has 2 amide bonds. The lowest BCUT2D eigenvalue weighted by Gasteiger charge is -2.30. The number of rotatable bonds is 7. The Balaban J connectivity index is 1.31. The summed E-state index contributed by atoms with van der Waals surface area (Å²) in [5, 5.41) is 5.21. The summed E-state index contributed by atoms with van der Waals surface area (Å²) in [7, 11) is 1.84. The third-order valence-corrected chi connectivity index (χ3v) is 6.64. The summed E-state index contributed by atoms with van der Waals surface area (Å²) in [6.07, 6.45) is 4.09. The van der Waals surface area contributed by atoms with Crippen molar-refractivity contribution in [1.29, 1.82) is 0 Å². The second kappa shape index (κ2) is 7.95. The van der Waals surface area contributed by atoms with E-state index in [-0.39, 0.29) is 23.5 Å². The Labute approximate surface area is 169 Å². The monoisotopic (exact) mass is 398 g/mol. The molecule has 0 saturated carbocycles. The van der Waals surface area contributed by atoms with Gasteiger partial charge >= 0.3 is 0 Å². The van der Waals surface area contributed by atoms with Crippen LogP contribution in [0.1, 0.15) is 36.1 Å². The molecule has 0 aliphatic carbocycles. The lowest BCUT2D eigenvalue weighted by molar-refractivity contribution is -0.131. The Bertz CT molecular complexity index is 826. The van der Waals surface area contributed by atoms with Crippen molar-refractivity contribution in [1.82, 2.24) is 10.2 Å². The standard InChI is InChI=1S/C22H26N2O3S/c1-24(15-17-13-16-5-2-3-7-19(16)27-17)21(26)9-11-22(10-8-20(25)23-22)14-18-6-4-12-28-18/h2-7,12,17H,8-11,13-15H2,1H3,(H,23,25)/t17-,22-/m0/s1. The summed E-state index contributed by atoms with van der Waals surface area (Å²) < 4.78 is 5.96. The zero-order valence-corrected chi connectivity index (χ0v) is 17.0. The maximum Gasteiger partial charge on any atom is 0.222 e. The van der Waals surface area contributed by atoms with Crippen molar-refractivity contribution in [2.45, 2.75) is 50.2 Å². The zero-order valence-electron chi connectivity index (χ0n) is 16.1. The van der Waals surface area contributed by atoms with Crippen molar-refractivity contribution in [3.8, 4) is 5.75 Å². The summed E-state index contributed by atoms with van der Waals surface area (Å²) in [6, 6.07) is 12.2. The van der Waals surface area contributed by atoms with Gasteiger partial charge in [0.1, 0.15) is 11.9 Å². The maximum absolute atomic E-state index is 12.7. The lowest BCUT2D eigenvalue weighted by atomic mass is 9.87. The first-order valence-corrected chi connectivity index (χ1v) is 10.7. The normalized spacial score (nSPS) is 23.2. The molecule has 2 aliphatic heterocycles. The molecule has 2 aromatic rings. The van der Waals surface area contributed by atoms with Gasteiger partial charge in [0.25, 0.3) is 0 Å². The fourth-order valence-corrected chi connectivity index (χ4v) is 5.08. The summed E-state index contributed by atoms with van der Waals surface area (Å²) in [5.41, 5.74) is 0.912. The van der Waals surface area contributed by atoms with Gasteiger partial charge in [-0.25, -0.2) is 0 Å². The molecule has 4 rings (SSSR count). The number of amides is 2. The summed E-state index contributed by atoms with van der Waals surface area (Å²) in [6.45, 7) is 0.581. The number of ether oxygens (including phenoxy) is 1. The largest absolute Gasteiger partial charge is 0.488 e. The van der Waals surface area contributed by atoms with E-state index in [1.165, 1.54) is 10.4 Å². The van der Waals surface area contributed by atoms with Gasteiger partial charge in [-0.1, -0.05) is 24.3 Å². The minimum atomic E-state index is -0.293. The first-order chi connectivity index (χ1) is 13.5. The smallest absolute Gasteiger partial charge is 0.222 e. The number of hydrogen-bond donors (Lipinski definition) is 1. The minimum Gasteiger partial charge on any atom is -0.488 e. The molecule has 2 atom stereocenters. The molecule has 1 aromatic carbocycles. The number of carbonyl (C=O) groups is 2. The first-order valence-electron chi connectivity index (χ1n) is 9.85. The molecule has 1 saturated heterocycles. The Morgan fingerprint density at radius 1 is 1.32 bits per heavy atom. The summed E-state index contributed by atoms with van der Waals surface area (Å²) in [5.74, 6) is 1.12. The number of thiophene rings is 1. The van der Waals surface area contributed by atoms with E-state index in [9.17, 15) is 9.59 Å². The Morgan fingerprint density at radius 2 is 2.18 bits per heavy atom. The van der Waals surface area contributed by atoms with Crippen molar-refractivity contribution >= 4 is 23.2 Å². The van der Waals surface area contributed by atoms with Crippen LogP contribution in [0.25, 0.3) is 0 Å². The third-order valence-electron chi connectivity index (χ3n) is 5.76. The van der Waals surface area contributed by atoms with Crippen LogP contribution in [0.4, 0.5) is 0 Å². The van der Waals surface area contributed by atoms with Crippen molar-refractivity contribution < 1.29 is 14.3 Å². The van der Waals surface area contributed by atoms with Gasteiger partial charge in [0.05, 0.1) is 6.54 Å². The number of benzene rings is 1. The van der Waals surface area contributed by atoms with Crippen molar-refractivity contribution in [2.24, 2.45) is 0 Å². The fourth-order valence-electron chi connectivity index (χ4n) is 4.23. The molecule has 0 radical (unpaired) electrons. The maximum atomic E-state index is 12.7. The van der Waals surface area contributed by atoms with Crippen LogP contribution in [0.3, 0.4) is 0 Å². The van der Waals surface area contributed by atoms with Gasteiger partial charge in [0, 0.05) is 43.1 Å². The van der Waals surface area contributed by atoms with Gasteiger partial charge in [-0.2, -0.15) is 0 Å². The predicted molar refractivity (Wildman–Crippen MR) is 110 cm³/mol. The number of para-hydroxylation sites is 1. The van der Waals surface area contributed by atoms with Gasteiger partial charge in [-0.3, -0.25) is 9.59 Å². The van der Waals surface area contributed by atoms with Crippen LogP contribution in [0.15, 0.2) is 41.8 Å². The Morgan fingerprint density at radius 3 is 2.89 bits per heavy atom. The van der Waals surface area contributed by atoms with E-state index in [4.69, 9.17) is 4.74 Å². The quantitative estimate of drug-likeness (QED) is 0.779. The molecule has 2 aliphatic rings. The number of fused-ring (bicyclic) bond motifs is 1.